The van der Waals surface area contributed by atoms with Crippen LogP contribution in [-0.4, -0.2) is 35.1 Å². The maximum Gasteiger partial charge on any atom is 0.339 e. The number of carbonyl (C=O) groups is 2. The zero-order valence-corrected chi connectivity index (χ0v) is 9.42. The van der Waals surface area contributed by atoms with Crippen molar-refractivity contribution in [3.8, 4) is 11.8 Å². The van der Waals surface area contributed by atoms with E-state index in [1.54, 1.807) is 0 Å². The van der Waals surface area contributed by atoms with E-state index in [2.05, 4.69) is 10.3 Å². The first-order chi connectivity index (χ1) is 8.65. The minimum absolute atomic E-state index is 0.0282. The second kappa shape index (κ2) is 6.85. The molecule has 1 amide bonds. The van der Waals surface area contributed by atoms with E-state index in [9.17, 15) is 9.59 Å². The molecule has 1 rings (SSSR count). The fraction of sp³-hybridized carbons (Fsp3) is 0.273. The van der Waals surface area contributed by atoms with Crippen LogP contribution >= 0.6 is 0 Å². The average Bonchev–Trinajstić information content (AvgIpc) is 2.37. The second-order valence-electron chi connectivity index (χ2n) is 3.22. The molecule has 0 fully saturated rings. The third-order valence-corrected chi connectivity index (χ3v) is 1.93. The van der Waals surface area contributed by atoms with Crippen molar-refractivity contribution >= 4 is 11.9 Å². The van der Waals surface area contributed by atoms with Crippen LogP contribution in [0.2, 0.25) is 0 Å². The Morgan fingerprint density at radius 3 is 3.00 bits per heavy atom. The lowest BCUT2D eigenvalue weighted by Crippen LogP contribution is -2.29. The largest absolute Gasteiger partial charge is 0.481 e. The predicted octanol–water partition coefficient (Wildman–Crippen LogP) is 0.188. The lowest BCUT2D eigenvalue weighted by atomic mass is 10.2. The summed E-state index contributed by atoms with van der Waals surface area (Å²) in [5.74, 6) is -1.55. The molecule has 7 heteroatoms. The van der Waals surface area contributed by atoms with Crippen LogP contribution in [0.5, 0.6) is 5.75 Å². The van der Waals surface area contributed by atoms with Crippen LogP contribution in [0.1, 0.15) is 16.8 Å². The highest BCUT2D eigenvalue weighted by Gasteiger charge is 2.12. The number of nitriles is 1. The van der Waals surface area contributed by atoms with E-state index in [1.165, 1.54) is 18.5 Å². The van der Waals surface area contributed by atoms with E-state index >= 15 is 0 Å². The first kappa shape index (κ1) is 13.4. The summed E-state index contributed by atoms with van der Waals surface area (Å²) in [4.78, 5) is 25.8. The van der Waals surface area contributed by atoms with E-state index in [0.29, 0.717) is 0 Å². The van der Waals surface area contributed by atoms with Gasteiger partial charge in [-0.1, -0.05) is 0 Å². The summed E-state index contributed by atoms with van der Waals surface area (Å²) >= 11 is 0. The molecule has 0 aromatic carbocycles. The minimum Gasteiger partial charge on any atom is -0.481 e. The van der Waals surface area contributed by atoms with Gasteiger partial charge in [-0.3, -0.25) is 9.78 Å². The highest BCUT2D eigenvalue weighted by molar-refractivity contribution is 5.90. The van der Waals surface area contributed by atoms with E-state index in [0.717, 1.165) is 0 Å². The number of ether oxygens (including phenoxy) is 1. The molecule has 1 aromatic rings. The van der Waals surface area contributed by atoms with Crippen LogP contribution in [0.4, 0.5) is 0 Å². The van der Waals surface area contributed by atoms with Crippen molar-refractivity contribution in [3.63, 3.8) is 0 Å². The van der Waals surface area contributed by atoms with Gasteiger partial charge in [0.2, 0.25) is 0 Å². The summed E-state index contributed by atoms with van der Waals surface area (Å²) < 4.78 is 5.05. The Morgan fingerprint density at radius 1 is 1.56 bits per heavy atom. The standard InChI is InChI=1S/C11H11N3O4/c12-3-1-4-14-10(15)7-18-9-6-13-5-2-8(9)11(16)17/h2,5-6H,1,4,7H2,(H,14,15)(H,16,17). The smallest absolute Gasteiger partial charge is 0.339 e. The summed E-state index contributed by atoms with van der Waals surface area (Å²) in [5.41, 5.74) is -0.0603. The Balaban J connectivity index is 2.51. The molecular formula is C11H11N3O4. The molecule has 1 heterocycles. The summed E-state index contributed by atoms with van der Waals surface area (Å²) in [6.07, 6.45) is 2.76. The average molecular weight is 249 g/mol. The summed E-state index contributed by atoms with van der Waals surface area (Å²) in [6.45, 7) is -0.0884. The van der Waals surface area contributed by atoms with Crippen molar-refractivity contribution in [2.24, 2.45) is 0 Å². The molecule has 0 saturated heterocycles. The van der Waals surface area contributed by atoms with Gasteiger partial charge in [0.25, 0.3) is 5.91 Å². The monoisotopic (exact) mass is 249 g/mol. The normalized spacial score (nSPS) is 9.28. The molecule has 0 radical (unpaired) electrons. The second-order valence-corrected chi connectivity index (χ2v) is 3.22. The lowest BCUT2D eigenvalue weighted by molar-refractivity contribution is -0.123. The topological polar surface area (TPSA) is 112 Å². The fourth-order valence-electron chi connectivity index (χ4n) is 1.12. The van der Waals surface area contributed by atoms with Crippen molar-refractivity contribution in [2.75, 3.05) is 13.2 Å². The van der Waals surface area contributed by atoms with Gasteiger partial charge in [0, 0.05) is 12.7 Å². The van der Waals surface area contributed by atoms with E-state index in [-0.39, 0.29) is 30.9 Å². The van der Waals surface area contributed by atoms with Crippen molar-refractivity contribution in [3.05, 3.63) is 24.0 Å². The molecule has 0 aliphatic heterocycles. The van der Waals surface area contributed by atoms with Crippen LogP contribution < -0.4 is 10.1 Å². The van der Waals surface area contributed by atoms with Gasteiger partial charge in [-0.25, -0.2) is 4.79 Å². The Morgan fingerprint density at radius 2 is 2.33 bits per heavy atom. The van der Waals surface area contributed by atoms with Crippen LogP contribution in [0.3, 0.4) is 0 Å². The molecule has 94 valence electrons. The van der Waals surface area contributed by atoms with Gasteiger partial charge in [0.05, 0.1) is 18.7 Å². The highest BCUT2D eigenvalue weighted by atomic mass is 16.5. The van der Waals surface area contributed by atoms with Crippen LogP contribution in [0.15, 0.2) is 18.5 Å². The first-order valence-electron chi connectivity index (χ1n) is 5.09. The maximum atomic E-state index is 11.3. The molecule has 0 unspecified atom stereocenters. The number of carbonyl (C=O) groups excluding carboxylic acids is 1. The van der Waals surface area contributed by atoms with Crippen LogP contribution in [0.25, 0.3) is 0 Å². The Bertz CT molecular complexity index is 481. The number of nitrogens with zero attached hydrogens (tertiary/aromatic N) is 2. The van der Waals surface area contributed by atoms with E-state index < -0.39 is 11.9 Å². The number of carboxylic acids is 1. The number of aromatic carboxylic acids is 1. The van der Waals surface area contributed by atoms with Crippen molar-refractivity contribution in [1.29, 1.82) is 5.26 Å². The number of rotatable bonds is 6. The number of carboxylic acid groups (broad SMARTS) is 1. The number of hydrogen-bond donors (Lipinski definition) is 2. The number of amides is 1. The van der Waals surface area contributed by atoms with E-state index in [4.69, 9.17) is 15.1 Å². The molecule has 0 bridgehead atoms. The zero-order valence-electron chi connectivity index (χ0n) is 9.42. The van der Waals surface area contributed by atoms with Crippen molar-refractivity contribution in [1.82, 2.24) is 10.3 Å². The molecular weight excluding hydrogens is 238 g/mol. The zero-order chi connectivity index (χ0) is 13.4. The molecule has 18 heavy (non-hydrogen) atoms. The Labute approximate surface area is 103 Å². The van der Waals surface area contributed by atoms with Gasteiger partial charge in [-0.2, -0.15) is 5.26 Å². The number of aromatic nitrogens is 1. The summed E-state index contributed by atoms with van der Waals surface area (Å²) in [5, 5.41) is 19.6. The van der Waals surface area contributed by atoms with E-state index in [1.807, 2.05) is 6.07 Å². The molecule has 0 saturated carbocycles. The third kappa shape index (κ3) is 4.09. The molecule has 1 aromatic heterocycles. The van der Waals surface area contributed by atoms with Crippen molar-refractivity contribution < 1.29 is 19.4 Å². The van der Waals surface area contributed by atoms with Gasteiger partial charge >= 0.3 is 5.97 Å². The highest BCUT2D eigenvalue weighted by Crippen LogP contribution is 2.15. The van der Waals surface area contributed by atoms with Crippen molar-refractivity contribution in [2.45, 2.75) is 6.42 Å². The van der Waals surface area contributed by atoms with Gasteiger partial charge in [-0.05, 0) is 6.07 Å². The van der Waals surface area contributed by atoms with Gasteiger partial charge in [-0.15, -0.1) is 0 Å². The molecule has 0 atom stereocenters. The quantitative estimate of drug-likeness (QED) is 0.696. The molecule has 7 nitrogen and oxygen atoms in total. The third-order valence-electron chi connectivity index (χ3n) is 1.93. The predicted molar refractivity (Wildman–Crippen MR) is 59.9 cm³/mol. The summed E-state index contributed by atoms with van der Waals surface area (Å²) in [6, 6.07) is 3.16. The minimum atomic E-state index is -1.16. The molecule has 0 spiro atoms. The number of hydrogen-bond acceptors (Lipinski definition) is 5. The Kier molecular flexibility index (Phi) is 5.12. The van der Waals surface area contributed by atoms with Crippen LogP contribution in [0, 0.1) is 11.3 Å². The lowest BCUT2D eigenvalue weighted by Gasteiger charge is -2.08. The van der Waals surface area contributed by atoms with Gasteiger partial charge < -0.3 is 15.2 Å². The molecule has 2 N–H and O–H groups in total. The van der Waals surface area contributed by atoms with Gasteiger partial charge in [0.1, 0.15) is 5.56 Å². The SMILES string of the molecule is N#CCCNC(=O)COc1cnccc1C(=O)O. The number of pyridine rings is 1. The first-order valence-corrected chi connectivity index (χ1v) is 5.09. The van der Waals surface area contributed by atoms with Crippen LogP contribution in [-0.2, 0) is 4.79 Å². The van der Waals surface area contributed by atoms with Gasteiger partial charge in [0.15, 0.2) is 12.4 Å². The Hall–Kier alpha value is -2.62. The number of nitrogens with one attached hydrogen (secondary N) is 1. The molecule has 0 aliphatic rings. The molecule has 0 aliphatic carbocycles. The maximum absolute atomic E-state index is 11.3. The fourth-order valence-corrected chi connectivity index (χ4v) is 1.12. The summed E-state index contributed by atoms with van der Waals surface area (Å²) in [7, 11) is 0.